The molecule has 304 valence electrons. The van der Waals surface area contributed by atoms with Crippen molar-refractivity contribution in [2.45, 2.75) is 142 Å². The van der Waals surface area contributed by atoms with Gasteiger partial charge in [-0.3, -0.25) is 4.79 Å². The topological polar surface area (TPSA) is 150 Å². The lowest BCUT2D eigenvalue weighted by Crippen LogP contribution is -2.43. The smallest absolute Gasteiger partial charge is 0.220 e. The zero-order valence-corrected chi connectivity index (χ0v) is 34.1. The molecule has 1 heterocycles. The van der Waals surface area contributed by atoms with Crippen LogP contribution in [0.2, 0.25) is 0 Å². The molecule has 0 bridgehead atoms. The molecule has 6 rings (SSSR count). The summed E-state index contributed by atoms with van der Waals surface area (Å²) >= 11 is 0. The van der Waals surface area contributed by atoms with Crippen LogP contribution in [0.5, 0.6) is 28.7 Å². The minimum Gasteiger partial charge on any atom is -0.504 e. The fourth-order valence-electron chi connectivity index (χ4n) is 7.42. The maximum Gasteiger partial charge on any atom is 0.220 e. The minimum atomic E-state index is -0.570. The summed E-state index contributed by atoms with van der Waals surface area (Å²) in [5.74, 6) is 3.13. The van der Waals surface area contributed by atoms with Crippen LogP contribution in [0.25, 0.3) is 0 Å². The van der Waals surface area contributed by atoms with Crippen molar-refractivity contribution in [1.29, 1.82) is 0 Å². The Morgan fingerprint density at radius 2 is 1.55 bits per heavy atom. The lowest BCUT2D eigenvalue weighted by molar-refractivity contribution is -0.119. The average Bonchev–Trinajstić information content (AvgIpc) is 3.95. The maximum absolute atomic E-state index is 11.3. The molecule has 1 saturated carbocycles. The number of nitrogens with one attached hydrogen (secondary N) is 2. The van der Waals surface area contributed by atoms with Gasteiger partial charge in [0.15, 0.2) is 23.0 Å². The number of methoxy groups -OCH3 is 1. The molecule has 0 radical (unpaired) electrons. The van der Waals surface area contributed by atoms with Crippen molar-refractivity contribution in [3.8, 4) is 28.7 Å². The number of fused-ring (bicyclic) bond motifs is 1. The van der Waals surface area contributed by atoms with Crippen molar-refractivity contribution in [1.82, 2.24) is 10.6 Å². The van der Waals surface area contributed by atoms with E-state index in [9.17, 15) is 20.1 Å². The average molecular weight is 763 g/mol. The predicted molar refractivity (Wildman–Crippen MR) is 217 cm³/mol. The summed E-state index contributed by atoms with van der Waals surface area (Å²) in [6.07, 6.45) is 9.62. The lowest BCUT2D eigenvalue weighted by atomic mass is 9.98. The number of carbonyl (C=O) groups is 1. The summed E-state index contributed by atoms with van der Waals surface area (Å²) < 4.78 is 17.4. The quantitative estimate of drug-likeness (QED) is 0.0905. The normalized spacial score (nSPS) is 18.1. The molecule has 0 aromatic heterocycles. The van der Waals surface area contributed by atoms with Gasteiger partial charge in [-0.2, -0.15) is 0 Å². The summed E-state index contributed by atoms with van der Waals surface area (Å²) in [6, 6.07) is 15.0. The van der Waals surface area contributed by atoms with Gasteiger partial charge in [0.2, 0.25) is 5.91 Å². The highest BCUT2D eigenvalue weighted by atomic mass is 16.5. The van der Waals surface area contributed by atoms with Gasteiger partial charge in [-0.25, -0.2) is 0 Å². The third-order valence-corrected chi connectivity index (χ3v) is 10.7. The van der Waals surface area contributed by atoms with Gasteiger partial charge in [0.25, 0.3) is 0 Å². The van der Waals surface area contributed by atoms with Crippen molar-refractivity contribution in [2.24, 2.45) is 5.92 Å². The molecule has 1 saturated heterocycles. The second kappa shape index (κ2) is 21.3. The fraction of sp³-hybridized carbons (Fsp3) is 0.578. The molecule has 2 unspecified atom stereocenters. The molecule has 3 aliphatic rings. The number of aryl methyl sites for hydroxylation is 1. The van der Waals surface area contributed by atoms with E-state index in [1.54, 1.807) is 13.2 Å². The van der Waals surface area contributed by atoms with Gasteiger partial charge >= 0.3 is 0 Å². The maximum atomic E-state index is 11.3. The van der Waals surface area contributed by atoms with Crippen LogP contribution in [-0.2, 0) is 17.6 Å². The second-order valence-corrected chi connectivity index (χ2v) is 16.1. The van der Waals surface area contributed by atoms with E-state index in [1.165, 1.54) is 48.1 Å². The van der Waals surface area contributed by atoms with E-state index in [4.69, 9.17) is 19.3 Å². The summed E-state index contributed by atoms with van der Waals surface area (Å²) in [7, 11) is 1.66. The zero-order valence-electron chi connectivity index (χ0n) is 34.1. The molecular formula is C45H66N2O8. The van der Waals surface area contributed by atoms with E-state index in [0.29, 0.717) is 49.6 Å². The molecule has 1 aliphatic heterocycles. The Kier molecular flexibility index (Phi) is 17.0. The molecule has 3 aromatic carbocycles. The van der Waals surface area contributed by atoms with E-state index in [0.717, 1.165) is 54.9 Å². The van der Waals surface area contributed by atoms with Crippen molar-refractivity contribution in [3.05, 3.63) is 76.3 Å². The number of rotatable bonds is 14. The van der Waals surface area contributed by atoms with Gasteiger partial charge in [-0.1, -0.05) is 45.9 Å². The van der Waals surface area contributed by atoms with Crippen molar-refractivity contribution < 1.29 is 39.4 Å². The Hall–Kier alpha value is -3.99. The molecule has 55 heavy (non-hydrogen) atoms. The fourth-order valence-corrected chi connectivity index (χ4v) is 7.42. The van der Waals surface area contributed by atoms with Crippen LogP contribution in [0.15, 0.2) is 48.5 Å². The summed E-state index contributed by atoms with van der Waals surface area (Å²) in [6.45, 7) is 13.6. The molecule has 10 nitrogen and oxygen atoms in total. The van der Waals surface area contributed by atoms with E-state index >= 15 is 0 Å². The number of hydrogen-bond donors (Lipinski definition) is 6. The van der Waals surface area contributed by atoms with Crippen molar-refractivity contribution in [3.63, 3.8) is 0 Å². The predicted octanol–water partition coefficient (Wildman–Crippen LogP) is 7.80. The molecule has 0 spiro atoms. The Labute approximate surface area is 328 Å². The van der Waals surface area contributed by atoms with E-state index in [1.807, 2.05) is 31.2 Å². The van der Waals surface area contributed by atoms with E-state index < -0.39 is 12.2 Å². The van der Waals surface area contributed by atoms with Gasteiger partial charge in [0, 0.05) is 31.0 Å². The molecule has 2 fully saturated rings. The lowest BCUT2D eigenvalue weighted by Gasteiger charge is -2.23. The van der Waals surface area contributed by atoms with Crippen LogP contribution in [0.4, 0.5) is 0 Å². The first-order chi connectivity index (χ1) is 26.2. The number of carbonyl (C=O) groups excluding carboxylic acids is 1. The molecule has 2 aliphatic carbocycles. The Morgan fingerprint density at radius 3 is 2.18 bits per heavy atom. The number of aromatic hydroxyl groups is 2. The highest BCUT2D eigenvalue weighted by molar-refractivity contribution is 5.79. The van der Waals surface area contributed by atoms with Crippen LogP contribution in [0.3, 0.4) is 0 Å². The molecular weight excluding hydrogens is 697 g/mol. The number of ether oxygens (including phenoxy) is 3. The molecule has 6 N–H and O–H groups in total. The highest BCUT2D eigenvalue weighted by Gasteiger charge is 2.25. The number of amides is 1. The number of hydrogen-bond acceptors (Lipinski definition) is 9. The standard InChI is InChI=1S/C17H27NO2.C16H21NO3.C12H18O3/c1-11(2)18-13(4)16(19)10-20-17-9-8-12(3)14-6-5-7-15(14)17;1-19-14-7-6-11(12-9-16(18)17-10-12)8-15(14)20-13-4-2-3-5-13;1-8(2)3-5-10(13)9-4-6-11(14)12(15)7-9/h8-9,11,13,16,18-19H,5-7,10H2,1-4H3;6-8,12-13H,2-5,9-10H2,1H3,(H,17,18);4,6-8,10,13-15H,3,5H2,1-2H3/t13-,16-;;/m0../s1. The van der Waals surface area contributed by atoms with Gasteiger partial charge < -0.3 is 45.3 Å². The Balaban J connectivity index is 0.000000186. The number of aliphatic hydroxyl groups is 2. The van der Waals surface area contributed by atoms with Crippen LogP contribution in [0.1, 0.15) is 126 Å². The minimum absolute atomic E-state index is 0.0356. The van der Waals surface area contributed by atoms with Gasteiger partial charge in [-0.15, -0.1) is 0 Å². The first-order valence-corrected chi connectivity index (χ1v) is 20.2. The largest absolute Gasteiger partial charge is 0.504 e. The van der Waals surface area contributed by atoms with Crippen molar-refractivity contribution >= 4 is 5.91 Å². The highest BCUT2D eigenvalue weighted by Crippen LogP contribution is 2.36. The Bertz CT molecular complexity index is 1650. The van der Waals surface area contributed by atoms with Crippen LogP contribution >= 0.6 is 0 Å². The van der Waals surface area contributed by atoms with Crippen LogP contribution in [-0.4, -0.2) is 70.9 Å². The third kappa shape index (κ3) is 13.3. The third-order valence-electron chi connectivity index (χ3n) is 10.7. The van der Waals surface area contributed by atoms with E-state index in [2.05, 4.69) is 51.3 Å². The number of benzene rings is 3. The van der Waals surface area contributed by atoms with E-state index in [-0.39, 0.29) is 29.4 Å². The molecule has 4 atom stereocenters. The first-order valence-electron chi connectivity index (χ1n) is 20.2. The summed E-state index contributed by atoms with van der Waals surface area (Å²) in [5, 5.41) is 44.5. The zero-order chi connectivity index (χ0) is 40.1. The summed E-state index contributed by atoms with van der Waals surface area (Å²) in [4.78, 5) is 11.3. The van der Waals surface area contributed by atoms with Crippen LogP contribution in [0, 0.1) is 12.8 Å². The Morgan fingerprint density at radius 1 is 0.836 bits per heavy atom. The number of aliphatic hydroxyl groups excluding tert-OH is 2. The van der Waals surface area contributed by atoms with Crippen LogP contribution < -0.4 is 24.8 Å². The first kappa shape index (κ1) is 43.7. The molecule has 1 amide bonds. The van der Waals surface area contributed by atoms with Gasteiger partial charge in [0.05, 0.1) is 19.3 Å². The van der Waals surface area contributed by atoms with Crippen molar-refractivity contribution in [2.75, 3.05) is 20.3 Å². The number of phenolic OH excluding ortho intramolecular Hbond substituents is 2. The number of phenols is 2. The van der Waals surface area contributed by atoms with Gasteiger partial charge in [0.1, 0.15) is 18.5 Å². The molecule has 10 heteroatoms. The monoisotopic (exact) mass is 762 g/mol. The van der Waals surface area contributed by atoms with Gasteiger partial charge in [-0.05, 0) is 136 Å². The molecule has 3 aromatic rings. The second-order valence-electron chi connectivity index (χ2n) is 16.1. The SMILES string of the molecule is CC(C)CCC(O)c1ccc(O)c(O)c1.COc1ccc(C2CNC(=O)C2)cc1OC1CCCC1.Cc1ccc(OC[C@H](O)[C@H](C)NC(C)C)c2c1CCC2. The summed E-state index contributed by atoms with van der Waals surface area (Å²) in [5.41, 5.74) is 5.95.